The number of carbonyl (C=O) groups excluding carboxylic acids is 1. The summed E-state index contributed by atoms with van der Waals surface area (Å²) in [5, 5.41) is 15.1. The third-order valence-corrected chi connectivity index (χ3v) is 6.98. The number of rotatable bonds is 8. The van der Waals surface area contributed by atoms with Gasteiger partial charge in [0.15, 0.2) is 11.0 Å². The van der Waals surface area contributed by atoms with Gasteiger partial charge in [0.2, 0.25) is 5.91 Å². The molecule has 2 aromatic heterocycles. The van der Waals surface area contributed by atoms with Crippen LogP contribution in [0, 0.1) is 0 Å². The fourth-order valence-electron chi connectivity index (χ4n) is 3.14. The van der Waals surface area contributed by atoms with E-state index in [0.717, 1.165) is 21.9 Å². The molecule has 2 heterocycles. The summed E-state index contributed by atoms with van der Waals surface area (Å²) in [6, 6.07) is 19.0. The summed E-state index contributed by atoms with van der Waals surface area (Å²) in [5.74, 6) is 1.59. The topological polar surface area (TPSA) is 69.0 Å². The Bertz CT molecular complexity index is 1180. The standard InChI is InChI=1S/C23H21ClN4O2S2/c1-15(20-4-3-13-31-20)25-21(29)14-32-23-27-26-22(16-5-7-17(24)8-6-16)28(23)18-9-11-19(30-2)12-10-18/h3-13,15H,14H2,1-2H3,(H,25,29). The lowest BCUT2D eigenvalue weighted by Gasteiger charge is -2.13. The molecule has 1 N–H and O–H groups in total. The molecule has 1 amide bonds. The van der Waals surface area contributed by atoms with Crippen molar-refractivity contribution in [2.75, 3.05) is 12.9 Å². The lowest BCUT2D eigenvalue weighted by molar-refractivity contribution is -0.119. The Hall–Kier alpha value is -2.81. The van der Waals surface area contributed by atoms with E-state index in [0.29, 0.717) is 16.0 Å². The van der Waals surface area contributed by atoms with Gasteiger partial charge in [-0.05, 0) is 66.9 Å². The van der Waals surface area contributed by atoms with E-state index in [1.165, 1.54) is 11.8 Å². The maximum Gasteiger partial charge on any atom is 0.230 e. The zero-order valence-electron chi connectivity index (χ0n) is 17.5. The van der Waals surface area contributed by atoms with Crippen LogP contribution < -0.4 is 10.1 Å². The fourth-order valence-corrected chi connectivity index (χ4v) is 4.76. The van der Waals surface area contributed by atoms with Crippen molar-refractivity contribution in [2.45, 2.75) is 18.1 Å². The third kappa shape index (κ3) is 5.15. The molecule has 0 radical (unpaired) electrons. The van der Waals surface area contributed by atoms with Crippen molar-refractivity contribution >= 4 is 40.6 Å². The molecule has 0 aliphatic heterocycles. The molecule has 164 valence electrons. The number of nitrogens with zero attached hydrogens (tertiary/aromatic N) is 3. The van der Waals surface area contributed by atoms with Crippen LogP contribution in [0.1, 0.15) is 17.8 Å². The molecule has 1 unspecified atom stereocenters. The Morgan fingerprint density at radius 3 is 2.56 bits per heavy atom. The number of ether oxygens (including phenoxy) is 1. The van der Waals surface area contributed by atoms with Crippen molar-refractivity contribution in [1.82, 2.24) is 20.1 Å². The van der Waals surface area contributed by atoms with Crippen LogP contribution >= 0.6 is 34.7 Å². The Balaban J connectivity index is 1.58. The predicted octanol–water partition coefficient (Wildman–Crippen LogP) is 5.63. The van der Waals surface area contributed by atoms with Crippen LogP contribution in [0.4, 0.5) is 0 Å². The van der Waals surface area contributed by atoms with E-state index in [9.17, 15) is 4.79 Å². The normalized spacial score (nSPS) is 11.8. The summed E-state index contributed by atoms with van der Waals surface area (Å²) in [7, 11) is 1.63. The molecule has 9 heteroatoms. The Morgan fingerprint density at radius 2 is 1.91 bits per heavy atom. The first-order chi connectivity index (χ1) is 15.5. The van der Waals surface area contributed by atoms with Gasteiger partial charge < -0.3 is 10.1 Å². The van der Waals surface area contributed by atoms with Gasteiger partial charge in [-0.2, -0.15) is 0 Å². The molecule has 0 aliphatic rings. The number of amides is 1. The molecule has 0 saturated heterocycles. The first-order valence-electron chi connectivity index (χ1n) is 9.86. The zero-order valence-corrected chi connectivity index (χ0v) is 19.9. The monoisotopic (exact) mass is 484 g/mol. The van der Waals surface area contributed by atoms with E-state index >= 15 is 0 Å². The molecule has 0 bridgehead atoms. The number of carbonyl (C=O) groups is 1. The summed E-state index contributed by atoms with van der Waals surface area (Å²) in [6.45, 7) is 1.98. The van der Waals surface area contributed by atoms with Gasteiger partial charge in [-0.1, -0.05) is 29.4 Å². The quantitative estimate of drug-likeness (QED) is 0.328. The Labute approximate surface area is 199 Å². The van der Waals surface area contributed by atoms with Crippen molar-refractivity contribution in [1.29, 1.82) is 0 Å². The van der Waals surface area contributed by atoms with Gasteiger partial charge in [-0.25, -0.2) is 0 Å². The van der Waals surface area contributed by atoms with Crippen LogP contribution in [-0.2, 0) is 4.79 Å². The molecular weight excluding hydrogens is 464 g/mol. The van der Waals surface area contributed by atoms with Crippen molar-refractivity contribution < 1.29 is 9.53 Å². The van der Waals surface area contributed by atoms with Gasteiger partial charge in [0.05, 0.1) is 18.9 Å². The highest BCUT2D eigenvalue weighted by Crippen LogP contribution is 2.29. The first kappa shape index (κ1) is 22.4. The molecular formula is C23H21ClN4O2S2. The number of thioether (sulfide) groups is 1. The second kappa shape index (κ2) is 10.2. The number of methoxy groups -OCH3 is 1. The molecule has 32 heavy (non-hydrogen) atoms. The van der Waals surface area contributed by atoms with Crippen LogP contribution in [0.3, 0.4) is 0 Å². The zero-order chi connectivity index (χ0) is 22.5. The number of benzene rings is 2. The SMILES string of the molecule is COc1ccc(-n2c(SCC(=O)NC(C)c3cccs3)nnc2-c2ccc(Cl)cc2)cc1. The number of hydrogen-bond donors (Lipinski definition) is 1. The lowest BCUT2D eigenvalue weighted by Crippen LogP contribution is -2.27. The molecule has 0 aliphatic carbocycles. The van der Waals surface area contributed by atoms with Crippen LogP contribution in [0.15, 0.2) is 71.2 Å². The van der Waals surface area contributed by atoms with E-state index in [1.54, 1.807) is 18.4 Å². The summed E-state index contributed by atoms with van der Waals surface area (Å²) in [4.78, 5) is 13.7. The van der Waals surface area contributed by atoms with Crippen LogP contribution in [0.2, 0.25) is 5.02 Å². The van der Waals surface area contributed by atoms with Gasteiger partial charge in [-0.15, -0.1) is 21.5 Å². The number of thiophene rings is 1. The maximum atomic E-state index is 12.6. The Morgan fingerprint density at radius 1 is 1.16 bits per heavy atom. The van der Waals surface area contributed by atoms with Gasteiger partial charge in [-0.3, -0.25) is 9.36 Å². The van der Waals surface area contributed by atoms with Gasteiger partial charge in [0.25, 0.3) is 0 Å². The van der Waals surface area contributed by atoms with Crippen LogP contribution in [0.25, 0.3) is 17.1 Å². The Kier molecular flexibility index (Phi) is 7.14. The molecule has 4 aromatic rings. The third-order valence-electron chi connectivity index (χ3n) is 4.75. The van der Waals surface area contributed by atoms with E-state index in [-0.39, 0.29) is 17.7 Å². The van der Waals surface area contributed by atoms with Crippen molar-refractivity contribution in [3.63, 3.8) is 0 Å². The maximum absolute atomic E-state index is 12.6. The molecule has 2 aromatic carbocycles. The molecule has 0 fully saturated rings. The first-order valence-corrected chi connectivity index (χ1v) is 12.1. The van der Waals surface area contributed by atoms with E-state index in [1.807, 2.05) is 77.5 Å². The fraction of sp³-hybridized carbons (Fsp3) is 0.174. The number of aromatic nitrogens is 3. The van der Waals surface area contributed by atoms with Crippen molar-refractivity contribution in [3.05, 3.63) is 75.9 Å². The molecule has 0 saturated carbocycles. The van der Waals surface area contributed by atoms with Gasteiger partial charge >= 0.3 is 0 Å². The van der Waals surface area contributed by atoms with Gasteiger partial charge in [0, 0.05) is 21.2 Å². The second-order valence-electron chi connectivity index (χ2n) is 6.94. The average Bonchev–Trinajstić information content (AvgIpc) is 3.49. The smallest absolute Gasteiger partial charge is 0.230 e. The number of halogens is 1. The largest absolute Gasteiger partial charge is 0.497 e. The average molecular weight is 485 g/mol. The summed E-state index contributed by atoms with van der Waals surface area (Å²) in [5.41, 5.74) is 1.75. The summed E-state index contributed by atoms with van der Waals surface area (Å²) < 4.78 is 7.21. The highest BCUT2D eigenvalue weighted by molar-refractivity contribution is 7.99. The van der Waals surface area contributed by atoms with E-state index in [2.05, 4.69) is 15.5 Å². The van der Waals surface area contributed by atoms with Crippen LogP contribution in [0.5, 0.6) is 5.75 Å². The molecule has 1 atom stereocenters. The van der Waals surface area contributed by atoms with Crippen LogP contribution in [-0.4, -0.2) is 33.5 Å². The minimum atomic E-state index is -0.0618. The number of hydrogen-bond acceptors (Lipinski definition) is 6. The predicted molar refractivity (Wildman–Crippen MR) is 130 cm³/mol. The van der Waals surface area contributed by atoms with E-state index < -0.39 is 0 Å². The minimum absolute atomic E-state index is 0.0350. The van der Waals surface area contributed by atoms with E-state index in [4.69, 9.17) is 16.3 Å². The molecule has 6 nitrogen and oxygen atoms in total. The number of nitrogens with one attached hydrogen (secondary N) is 1. The lowest BCUT2D eigenvalue weighted by atomic mass is 10.2. The van der Waals surface area contributed by atoms with Crippen molar-refractivity contribution in [3.8, 4) is 22.8 Å². The second-order valence-corrected chi connectivity index (χ2v) is 9.30. The highest BCUT2D eigenvalue weighted by Gasteiger charge is 2.18. The summed E-state index contributed by atoms with van der Waals surface area (Å²) in [6.07, 6.45) is 0. The van der Waals surface area contributed by atoms with Gasteiger partial charge in [0.1, 0.15) is 5.75 Å². The minimum Gasteiger partial charge on any atom is -0.497 e. The summed E-state index contributed by atoms with van der Waals surface area (Å²) >= 11 is 9.02. The molecule has 4 rings (SSSR count). The molecule has 0 spiro atoms. The highest BCUT2D eigenvalue weighted by atomic mass is 35.5. The van der Waals surface area contributed by atoms with Crippen molar-refractivity contribution in [2.24, 2.45) is 0 Å².